The van der Waals surface area contributed by atoms with Crippen molar-refractivity contribution >= 4 is 28.9 Å². The molecule has 0 unspecified atom stereocenters. The Balaban J connectivity index is 1.59. The van der Waals surface area contributed by atoms with Gasteiger partial charge in [0.15, 0.2) is 0 Å². The zero-order chi connectivity index (χ0) is 18.5. The minimum Gasteiger partial charge on any atom is -0.312 e. The van der Waals surface area contributed by atoms with Crippen molar-refractivity contribution in [2.24, 2.45) is 0 Å². The van der Waals surface area contributed by atoms with Crippen molar-refractivity contribution in [2.45, 2.75) is 12.2 Å². The summed E-state index contributed by atoms with van der Waals surface area (Å²) in [6, 6.07) is 29.6. The molecule has 0 saturated heterocycles. The van der Waals surface area contributed by atoms with Crippen molar-refractivity contribution in [1.82, 2.24) is 9.55 Å². The highest BCUT2D eigenvalue weighted by Gasteiger charge is 2.16. The Bertz CT molecular complexity index is 942. The summed E-state index contributed by atoms with van der Waals surface area (Å²) in [5.74, 6) is 0.308. The van der Waals surface area contributed by atoms with E-state index in [2.05, 4.69) is 118 Å². The fraction of sp³-hybridized carbons (Fsp3) is 0.0870. The summed E-state index contributed by atoms with van der Waals surface area (Å²) in [4.78, 5) is 4.57. The van der Waals surface area contributed by atoms with E-state index in [4.69, 9.17) is 0 Å². The first kappa shape index (κ1) is 17.8. The first-order chi connectivity index (χ1) is 13.3. The average molecular weight is 414 g/mol. The highest BCUT2D eigenvalue weighted by molar-refractivity contribution is 9.10. The van der Waals surface area contributed by atoms with Crippen molar-refractivity contribution in [2.75, 3.05) is 0 Å². The maximum atomic E-state index is 4.57. The predicted molar refractivity (Wildman–Crippen MR) is 116 cm³/mol. The van der Waals surface area contributed by atoms with Gasteiger partial charge in [-0.15, -0.1) is 0 Å². The van der Waals surface area contributed by atoms with Gasteiger partial charge in [-0.2, -0.15) is 0 Å². The SMILES string of the molecule is Brc1ccc(-n2ccnc2[B]CC(c2ccccc2)c2ccccc2)cc1. The van der Waals surface area contributed by atoms with E-state index in [1.165, 1.54) is 11.1 Å². The number of hydrogen-bond donors (Lipinski definition) is 0. The van der Waals surface area contributed by atoms with Gasteiger partial charge in [-0.1, -0.05) is 82.9 Å². The van der Waals surface area contributed by atoms with Gasteiger partial charge in [-0.3, -0.25) is 4.98 Å². The van der Waals surface area contributed by atoms with E-state index in [-0.39, 0.29) is 0 Å². The third kappa shape index (κ3) is 4.22. The highest BCUT2D eigenvalue weighted by atomic mass is 79.9. The van der Waals surface area contributed by atoms with Gasteiger partial charge in [0.05, 0.1) is 5.72 Å². The van der Waals surface area contributed by atoms with E-state index in [0.717, 1.165) is 22.2 Å². The molecule has 0 aliphatic heterocycles. The van der Waals surface area contributed by atoms with Crippen LogP contribution in [0.25, 0.3) is 5.69 Å². The average Bonchev–Trinajstić information content (AvgIpc) is 3.19. The second kappa shape index (κ2) is 8.40. The van der Waals surface area contributed by atoms with Gasteiger partial charge in [0, 0.05) is 28.5 Å². The smallest absolute Gasteiger partial charge is 0.203 e. The molecule has 0 spiro atoms. The molecule has 131 valence electrons. The largest absolute Gasteiger partial charge is 0.312 e. The Labute approximate surface area is 169 Å². The molecule has 0 fully saturated rings. The van der Waals surface area contributed by atoms with Crippen LogP contribution in [0.2, 0.25) is 6.32 Å². The monoisotopic (exact) mass is 413 g/mol. The van der Waals surface area contributed by atoms with Crippen LogP contribution in [0.15, 0.2) is 102 Å². The van der Waals surface area contributed by atoms with E-state index in [0.29, 0.717) is 5.92 Å². The van der Waals surface area contributed by atoms with Crippen molar-refractivity contribution in [1.29, 1.82) is 0 Å². The second-order valence-corrected chi connectivity index (χ2v) is 7.36. The summed E-state index contributed by atoms with van der Waals surface area (Å²) >= 11 is 3.50. The lowest BCUT2D eigenvalue weighted by Gasteiger charge is -2.18. The number of imidazole rings is 1. The second-order valence-electron chi connectivity index (χ2n) is 6.45. The van der Waals surface area contributed by atoms with Crippen LogP contribution in [0.1, 0.15) is 17.0 Å². The summed E-state index contributed by atoms with van der Waals surface area (Å²) in [7, 11) is 2.23. The fourth-order valence-corrected chi connectivity index (χ4v) is 3.61. The minimum atomic E-state index is 0.308. The Morgan fingerprint density at radius 3 is 2.00 bits per heavy atom. The number of aromatic nitrogens is 2. The van der Waals surface area contributed by atoms with Crippen LogP contribution in [-0.2, 0) is 0 Å². The molecule has 3 aromatic carbocycles. The van der Waals surface area contributed by atoms with Crippen molar-refractivity contribution in [3.05, 3.63) is 113 Å². The van der Waals surface area contributed by atoms with Gasteiger partial charge < -0.3 is 4.57 Å². The first-order valence-electron chi connectivity index (χ1n) is 9.03. The maximum Gasteiger partial charge on any atom is 0.203 e. The zero-order valence-corrected chi connectivity index (χ0v) is 16.5. The number of halogens is 1. The first-order valence-corrected chi connectivity index (χ1v) is 9.83. The Morgan fingerprint density at radius 2 is 1.41 bits per heavy atom. The third-order valence-corrected chi connectivity index (χ3v) is 5.24. The third-order valence-electron chi connectivity index (χ3n) is 4.71. The molecule has 1 heterocycles. The van der Waals surface area contributed by atoms with Crippen LogP contribution < -0.4 is 5.72 Å². The lowest BCUT2D eigenvalue weighted by molar-refractivity contribution is 0.913. The normalized spacial score (nSPS) is 10.9. The molecule has 0 N–H and O–H groups in total. The summed E-state index contributed by atoms with van der Waals surface area (Å²) in [5.41, 5.74) is 4.72. The summed E-state index contributed by atoms with van der Waals surface area (Å²) in [6.07, 6.45) is 4.75. The molecule has 1 aromatic heterocycles. The van der Waals surface area contributed by atoms with E-state index < -0.39 is 0 Å². The highest BCUT2D eigenvalue weighted by Crippen LogP contribution is 2.28. The minimum absolute atomic E-state index is 0.308. The lowest BCUT2D eigenvalue weighted by atomic mass is 9.65. The quantitative estimate of drug-likeness (QED) is 0.396. The number of hydrogen-bond acceptors (Lipinski definition) is 1. The van der Waals surface area contributed by atoms with E-state index in [1.807, 2.05) is 12.4 Å². The Kier molecular flexibility index (Phi) is 5.54. The van der Waals surface area contributed by atoms with Crippen LogP contribution in [0, 0.1) is 0 Å². The van der Waals surface area contributed by atoms with Gasteiger partial charge in [0.1, 0.15) is 0 Å². The molecular formula is C23H19BBrN2. The molecule has 0 bridgehead atoms. The standard InChI is InChI=1S/C23H19BBrN2/c25-20-11-13-21(14-12-20)27-16-15-26-23(27)24-17-22(18-7-3-1-4-8-18)19-9-5-2-6-10-19/h1-16,22H,17H2. The summed E-state index contributed by atoms with van der Waals surface area (Å²) in [5, 5.41) is 0. The predicted octanol–water partition coefficient (Wildman–Crippen LogP) is 5.21. The van der Waals surface area contributed by atoms with Gasteiger partial charge in [-0.25, -0.2) is 0 Å². The van der Waals surface area contributed by atoms with Gasteiger partial charge >= 0.3 is 0 Å². The molecule has 27 heavy (non-hydrogen) atoms. The fourth-order valence-electron chi connectivity index (χ4n) is 3.34. The van der Waals surface area contributed by atoms with Crippen LogP contribution in [0.5, 0.6) is 0 Å². The Hall–Kier alpha value is -2.59. The van der Waals surface area contributed by atoms with Crippen LogP contribution in [0.3, 0.4) is 0 Å². The summed E-state index contributed by atoms with van der Waals surface area (Å²) in [6.45, 7) is 0. The van der Waals surface area contributed by atoms with Gasteiger partial charge in [0.2, 0.25) is 7.28 Å². The van der Waals surface area contributed by atoms with E-state index >= 15 is 0 Å². The van der Waals surface area contributed by atoms with Gasteiger partial charge in [-0.05, 0) is 35.4 Å². The van der Waals surface area contributed by atoms with Crippen LogP contribution in [0.4, 0.5) is 0 Å². The number of nitrogens with zero attached hydrogens (tertiary/aromatic N) is 2. The van der Waals surface area contributed by atoms with E-state index in [1.54, 1.807) is 0 Å². The van der Waals surface area contributed by atoms with Crippen LogP contribution in [-0.4, -0.2) is 16.8 Å². The molecule has 0 atom stereocenters. The molecule has 0 aliphatic carbocycles. The maximum absolute atomic E-state index is 4.57. The molecule has 2 nitrogen and oxygen atoms in total. The van der Waals surface area contributed by atoms with Crippen molar-refractivity contribution < 1.29 is 0 Å². The molecule has 4 heteroatoms. The molecule has 0 amide bonds. The summed E-state index contributed by atoms with van der Waals surface area (Å²) < 4.78 is 3.20. The van der Waals surface area contributed by atoms with Crippen LogP contribution >= 0.6 is 15.9 Å². The van der Waals surface area contributed by atoms with Crippen molar-refractivity contribution in [3.8, 4) is 5.69 Å². The topological polar surface area (TPSA) is 17.8 Å². The zero-order valence-electron chi connectivity index (χ0n) is 14.9. The molecular weight excluding hydrogens is 395 g/mol. The van der Waals surface area contributed by atoms with E-state index in [9.17, 15) is 0 Å². The van der Waals surface area contributed by atoms with Gasteiger partial charge in [0.25, 0.3) is 0 Å². The molecule has 0 saturated carbocycles. The molecule has 4 aromatic rings. The molecule has 4 rings (SSSR count). The molecule has 1 radical (unpaired) electrons. The molecule has 0 aliphatic rings. The van der Waals surface area contributed by atoms with Crippen molar-refractivity contribution in [3.63, 3.8) is 0 Å². The Morgan fingerprint density at radius 1 is 0.815 bits per heavy atom. The number of rotatable bonds is 6. The lowest BCUT2D eigenvalue weighted by Crippen LogP contribution is -2.26. The number of benzene rings is 3.